The standard InChI is InChI=1S/C15H27N5/c1-12(2)14-10-20(9-13-8-19(3)18-17-13)15(11-16-14)6-4-5-7-15/h8,12,14,16H,4-7,9-11H2,1-3H3. The van der Waals surface area contributed by atoms with Crippen LogP contribution in [0.5, 0.6) is 0 Å². The van der Waals surface area contributed by atoms with Crippen molar-refractivity contribution in [2.24, 2.45) is 13.0 Å². The van der Waals surface area contributed by atoms with Gasteiger partial charge in [-0.05, 0) is 18.8 Å². The summed E-state index contributed by atoms with van der Waals surface area (Å²) in [6.07, 6.45) is 7.43. The first-order valence-electron chi connectivity index (χ1n) is 7.93. The second-order valence-electron chi connectivity index (χ2n) is 6.93. The zero-order valence-electron chi connectivity index (χ0n) is 13.0. The lowest BCUT2D eigenvalue weighted by Crippen LogP contribution is -2.64. The number of nitrogens with one attached hydrogen (secondary N) is 1. The summed E-state index contributed by atoms with van der Waals surface area (Å²) >= 11 is 0. The largest absolute Gasteiger partial charge is 0.311 e. The van der Waals surface area contributed by atoms with E-state index in [4.69, 9.17) is 0 Å². The van der Waals surface area contributed by atoms with Crippen molar-refractivity contribution >= 4 is 0 Å². The van der Waals surface area contributed by atoms with E-state index >= 15 is 0 Å². The fraction of sp³-hybridized carbons (Fsp3) is 0.867. The Morgan fingerprint density at radius 1 is 1.40 bits per heavy atom. The van der Waals surface area contributed by atoms with Crippen LogP contribution in [0, 0.1) is 5.92 Å². The highest BCUT2D eigenvalue weighted by atomic mass is 15.4. The summed E-state index contributed by atoms with van der Waals surface area (Å²) in [6, 6.07) is 0.595. The number of piperazine rings is 1. The fourth-order valence-corrected chi connectivity index (χ4v) is 3.80. The molecule has 0 amide bonds. The number of hydrogen-bond acceptors (Lipinski definition) is 4. The van der Waals surface area contributed by atoms with E-state index in [-0.39, 0.29) is 0 Å². The van der Waals surface area contributed by atoms with Gasteiger partial charge in [-0.3, -0.25) is 9.58 Å². The molecule has 1 atom stereocenters. The number of rotatable bonds is 3. The van der Waals surface area contributed by atoms with Gasteiger partial charge in [0.05, 0.1) is 5.69 Å². The molecule has 0 bridgehead atoms. The third-order valence-corrected chi connectivity index (χ3v) is 5.12. The van der Waals surface area contributed by atoms with Crippen molar-refractivity contribution in [1.29, 1.82) is 0 Å². The predicted octanol–water partition coefficient (Wildman–Crippen LogP) is 1.56. The number of aryl methyl sites for hydroxylation is 1. The molecule has 1 aliphatic heterocycles. The number of hydrogen-bond donors (Lipinski definition) is 1. The van der Waals surface area contributed by atoms with Crippen molar-refractivity contribution in [3.05, 3.63) is 11.9 Å². The van der Waals surface area contributed by atoms with Crippen LogP contribution < -0.4 is 5.32 Å². The smallest absolute Gasteiger partial charge is 0.0967 e. The Kier molecular flexibility index (Phi) is 3.82. The maximum atomic E-state index is 4.29. The highest BCUT2D eigenvalue weighted by molar-refractivity contribution is 5.05. The third-order valence-electron chi connectivity index (χ3n) is 5.12. The molecule has 1 N–H and O–H groups in total. The van der Waals surface area contributed by atoms with Crippen LogP contribution >= 0.6 is 0 Å². The van der Waals surface area contributed by atoms with E-state index < -0.39 is 0 Å². The molecule has 20 heavy (non-hydrogen) atoms. The first-order chi connectivity index (χ1) is 9.59. The molecule has 1 aromatic rings. The van der Waals surface area contributed by atoms with Crippen LogP contribution in [0.1, 0.15) is 45.2 Å². The molecule has 2 fully saturated rings. The molecule has 112 valence electrons. The Morgan fingerprint density at radius 2 is 2.15 bits per heavy atom. The Morgan fingerprint density at radius 3 is 2.75 bits per heavy atom. The Labute approximate surface area is 121 Å². The van der Waals surface area contributed by atoms with E-state index in [2.05, 4.69) is 40.6 Å². The maximum Gasteiger partial charge on any atom is 0.0967 e. The van der Waals surface area contributed by atoms with Crippen molar-refractivity contribution in [1.82, 2.24) is 25.2 Å². The number of aromatic nitrogens is 3. The van der Waals surface area contributed by atoms with E-state index in [0.717, 1.165) is 25.3 Å². The summed E-state index contributed by atoms with van der Waals surface area (Å²) in [5, 5.41) is 12.2. The summed E-state index contributed by atoms with van der Waals surface area (Å²) in [5.41, 5.74) is 1.46. The average Bonchev–Trinajstić information content (AvgIpc) is 3.02. The van der Waals surface area contributed by atoms with E-state index in [9.17, 15) is 0 Å². The van der Waals surface area contributed by atoms with Crippen molar-refractivity contribution < 1.29 is 0 Å². The quantitative estimate of drug-likeness (QED) is 0.911. The Hall–Kier alpha value is -0.940. The van der Waals surface area contributed by atoms with Crippen molar-refractivity contribution in [3.8, 4) is 0 Å². The van der Waals surface area contributed by atoms with Gasteiger partial charge in [0.15, 0.2) is 0 Å². The van der Waals surface area contributed by atoms with Gasteiger partial charge in [0.25, 0.3) is 0 Å². The molecule has 1 aliphatic carbocycles. The van der Waals surface area contributed by atoms with Gasteiger partial charge in [0.2, 0.25) is 0 Å². The van der Waals surface area contributed by atoms with Gasteiger partial charge in [-0.1, -0.05) is 31.9 Å². The van der Waals surface area contributed by atoms with E-state index in [1.54, 1.807) is 4.68 Å². The summed E-state index contributed by atoms with van der Waals surface area (Å²) in [4.78, 5) is 2.69. The van der Waals surface area contributed by atoms with Crippen LogP contribution in [0.15, 0.2) is 6.20 Å². The minimum absolute atomic E-state index is 0.364. The summed E-state index contributed by atoms with van der Waals surface area (Å²) in [5.74, 6) is 0.679. The van der Waals surface area contributed by atoms with Gasteiger partial charge < -0.3 is 5.32 Å². The molecule has 1 unspecified atom stereocenters. The molecule has 1 aromatic heterocycles. The minimum Gasteiger partial charge on any atom is -0.311 e. The summed E-state index contributed by atoms with van der Waals surface area (Å²) < 4.78 is 1.80. The van der Waals surface area contributed by atoms with Gasteiger partial charge in [-0.2, -0.15) is 0 Å². The van der Waals surface area contributed by atoms with Gasteiger partial charge in [-0.15, -0.1) is 5.10 Å². The predicted molar refractivity (Wildman–Crippen MR) is 79.2 cm³/mol. The molecule has 5 nitrogen and oxygen atoms in total. The highest BCUT2D eigenvalue weighted by Gasteiger charge is 2.43. The lowest BCUT2D eigenvalue weighted by molar-refractivity contribution is 0.0251. The van der Waals surface area contributed by atoms with Crippen LogP contribution in [-0.2, 0) is 13.6 Å². The monoisotopic (exact) mass is 277 g/mol. The van der Waals surface area contributed by atoms with Gasteiger partial charge in [-0.25, -0.2) is 0 Å². The Bertz CT molecular complexity index is 447. The lowest BCUT2D eigenvalue weighted by Gasteiger charge is -2.49. The van der Waals surface area contributed by atoms with Crippen LogP contribution in [0.3, 0.4) is 0 Å². The van der Waals surface area contributed by atoms with Crippen molar-refractivity contribution in [3.63, 3.8) is 0 Å². The molecule has 3 rings (SSSR count). The maximum absolute atomic E-state index is 4.29. The number of nitrogens with zero attached hydrogens (tertiary/aromatic N) is 4. The molecule has 1 saturated heterocycles. The molecular weight excluding hydrogens is 250 g/mol. The lowest BCUT2D eigenvalue weighted by atomic mass is 9.88. The van der Waals surface area contributed by atoms with Crippen LogP contribution in [0.25, 0.3) is 0 Å². The first-order valence-corrected chi connectivity index (χ1v) is 7.93. The Balaban J connectivity index is 1.77. The molecule has 1 spiro atoms. The SMILES string of the molecule is CC(C)C1CN(Cc2cn(C)nn2)C2(CCCC2)CN1. The molecule has 2 aliphatic rings. The molecule has 5 heteroatoms. The van der Waals surface area contributed by atoms with Gasteiger partial charge in [0, 0.05) is 44.5 Å². The molecule has 2 heterocycles. The topological polar surface area (TPSA) is 46.0 Å². The van der Waals surface area contributed by atoms with Crippen LogP contribution in [0.4, 0.5) is 0 Å². The summed E-state index contributed by atoms with van der Waals surface area (Å²) in [6.45, 7) is 7.83. The molecule has 0 radical (unpaired) electrons. The average molecular weight is 277 g/mol. The second-order valence-corrected chi connectivity index (χ2v) is 6.93. The first kappa shape index (κ1) is 14.0. The van der Waals surface area contributed by atoms with E-state index in [1.807, 2.05) is 7.05 Å². The van der Waals surface area contributed by atoms with Gasteiger partial charge in [0.1, 0.15) is 0 Å². The zero-order valence-corrected chi connectivity index (χ0v) is 13.0. The van der Waals surface area contributed by atoms with Crippen LogP contribution in [-0.4, -0.2) is 44.6 Å². The normalized spacial score (nSPS) is 26.7. The fourth-order valence-electron chi connectivity index (χ4n) is 3.80. The molecule has 0 aromatic carbocycles. The van der Waals surface area contributed by atoms with Crippen molar-refractivity contribution in [2.45, 2.75) is 57.7 Å². The van der Waals surface area contributed by atoms with E-state index in [1.165, 1.54) is 25.7 Å². The highest BCUT2D eigenvalue weighted by Crippen LogP contribution is 2.38. The summed E-state index contributed by atoms with van der Waals surface area (Å²) in [7, 11) is 1.94. The molecular formula is C15H27N5. The minimum atomic E-state index is 0.364. The van der Waals surface area contributed by atoms with Crippen LogP contribution in [0.2, 0.25) is 0 Å². The van der Waals surface area contributed by atoms with Gasteiger partial charge >= 0.3 is 0 Å². The third kappa shape index (κ3) is 2.61. The van der Waals surface area contributed by atoms with E-state index in [0.29, 0.717) is 17.5 Å². The van der Waals surface area contributed by atoms with Crippen molar-refractivity contribution in [2.75, 3.05) is 13.1 Å². The molecule has 1 saturated carbocycles. The second kappa shape index (κ2) is 5.45. The zero-order chi connectivity index (χ0) is 14.2.